The average Bonchev–Trinajstić information content (AvgIpc) is 2.10. The van der Waals surface area contributed by atoms with Crippen LogP contribution in [0.4, 0.5) is 0 Å². The number of nitrogens with zero attached hydrogens (tertiary/aromatic N) is 2. The number of allylic oxidation sites excluding steroid dienone is 2. The Hall–Kier alpha value is -1.14. The summed E-state index contributed by atoms with van der Waals surface area (Å²) in [7, 11) is 0. The molecule has 0 fully saturated rings. The van der Waals surface area contributed by atoms with Crippen LogP contribution in [0.15, 0.2) is 27.8 Å². The smallest absolute Gasteiger partial charge is 0.125 e. The fraction of sp³-hybridized carbons (Fsp3) is 0.444. The van der Waals surface area contributed by atoms with Crippen molar-refractivity contribution in [3.63, 3.8) is 0 Å². The molecule has 0 N–H and O–H groups in total. The van der Waals surface area contributed by atoms with Gasteiger partial charge in [-0.2, -0.15) is 4.99 Å². The number of hydrogen-bond donors (Lipinski definition) is 0. The van der Waals surface area contributed by atoms with Crippen LogP contribution in [0.1, 0.15) is 20.8 Å². The third-order valence-corrected chi connectivity index (χ3v) is 1.50. The highest BCUT2D eigenvalue weighted by Crippen LogP contribution is 2.25. The molecule has 0 aliphatic carbocycles. The van der Waals surface area contributed by atoms with Gasteiger partial charge in [-0.25, -0.2) is 4.99 Å². The molecule has 1 heterocycles. The molecule has 0 saturated heterocycles. The monoisotopic (exact) mass is 148 g/mol. The number of aliphatic imine (C=N–C) groups is 2. The quantitative estimate of drug-likeness (QED) is 0.503. The predicted molar refractivity (Wildman–Crippen MR) is 48.0 cm³/mol. The first-order chi connectivity index (χ1) is 5.11. The van der Waals surface area contributed by atoms with Crippen molar-refractivity contribution >= 4 is 12.2 Å². The van der Waals surface area contributed by atoms with E-state index < -0.39 is 0 Å². The SMILES string of the molecule is CC(C)(C)C1=CN=CN=C=C1. The van der Waals surface area contributed by atoms with Crippen LogP contribution in [-0.4, -0.2) is 12.2 Å². The van der Waals surface area contributed by atoms with Gasteiger partial charge in [0.15, 0.2) is 0 Å². The van der Waals surface area contributed by atoms with Crippen molar-refractivity contribution in [2.24, 2.45) is 15.4 Å². The van der Waals surface area contributed by atoms with E-state index in [1.54, 1.807) is 0 Å². The van der Waals surface area contributed by atoms with Gasteiger partial charge in [0.25, 0.3) is 0 Å². The normalized spacial score (nSPS) is 16.5. The fourth-order valence-corrected chi connectivity index (χ4v) is 0.735. The predicted octanol–water partition coefficient (Wildman–Crippen LogP) is 2.18. The van der Waals surface area contributed by atoms with E-state index in [1.165, 1.54) is 6.34 Å². The van der Waals surface area contributed by atoms with E-state index in [4.69, 9.17) is 0 Å². The van der Waals surface area contributed by atoms with Crippen molar-refractivity contribution in [2.45, 2.75) is 20.8 Å². The summed E-state index contributed by atoms with van der Waals surface area (Å²) in [5.41, 5.74) is 1.28. The molecule has 0 saturated carbocycles. The summed E-state index contributed by atoms with van der Waals surface area (Å²) in [6.45, 7) is 6.41. The van der Waals surface area contributed by atoms with E-state index in [0.717, 1.165) is 5.57 Å². The van der Waals surface area contributed by atoms with Crippen LogP contribution in [0.5, 0.6) is 0 Å². The molecule has 58 valence electrons. The van der Waals surface area contributed by atoms with E-state index in [1.807, 2.05) is 12.3 Å². The Balaban J connectivity index is 2.97. The fourth-order valence-electron chi connectivity index (χ4n) is 0.735. The lowest BCUT2D eigenvalue weighted by atomic mass is 9.87. The molecule has 0 amide bonds. The van der Waals surface area contributed by atoms with Crippen molar-refractivity contribution in [1.29, 1.82) is 0 Å². The minimum atomic E-state index is 0.129. The molecule has 0 aromatic rings. The van der Waals surface area contributed by atoms with Crippen LogP contribution < -0.4 is 0 Å². The third kappa shape index (κ3) is 2.17. The molecule has 1 aliphatic heterocycles. The van der Waals surface area contributed by atoms with E-state index in [0.29, 0.717) is 0 Å². The Morgan fingerprint density at radius 2 is 2.09 bits per heavy atom. The van der Waals surface area contributed by atoms with Crippen molar-refractivity contribution in [3.05, 3.63) is 17.8 Å². The van der Waals surface area contributed by atoms with Crippen molar-refractivity contribution in [2.75, 3.05) is 0 Å². The summed E-state index contributed by atoms with van der Waals surface area (Å²) in [6, 6.07) is 0. The van der Waals surface area contributed by atoms with Crippen molar-refractivity contribution in [1.82, 2.24) is 0 Å². The Kier molecular flexibility index (Phi) is 2.06. The van der Waals surface area contributed by atoms with Crippen LogP contribution in [0, 0.1) is 5.41 Å². The topological polar surface area (TPSA) is 24.7 Å². The average molecular weight is 148 g/mol. The summed E-state index contributed by atoms with van der Waals surface area (Å²) >= 11 is 0. The first-order valence-corrected chi connectivity index (χ1v) is 3.61. The second-order valence-electron chi connectivity index (χ2n) is 3.50. The van der Waals surface area contributed by atoms with Crippen LogP contribution in [0.2, 0.25) is 0 Å². The van der Waals surface area contributed by atoms with Gasteiger partial charge in [-0.1, -0.05) is 20.8 Å². The molecule has 2 heteroatoms. The molecule has 1 aliphatic rings. The highest BCUT2D eigenvalue weighted by atomic mass is 14.8. The maximum atomic E-state index is 3.97. The van der Waals surface area contributed by atoms with Gasteiger partial charge >= 0.3 is 0 Å². The summed E-state index contributed by atoms with van der Waals surface area (Å²) in [5, 5.41) is 0. The second-order valence-corrected chi connectivity index (χ2v) is 3.50. The first kappa shape index (κ1) is 7.96. The van der Waals surface area contributed by atoms with Crippen molar-refractivity contribution in [3.8, 4) is 0 Å². The number of hydrogen-bond acceptors (Lipinski definition) is 2. The molecule has 0 aromatic heterocycles. The van der Waals surface area contributed by atoms with E-state index >= 15 is 0 Å². The minimum Gasteiger partial charge on any atom is -0.244 e. The Bertz CT molecular complexity index is 258. The van der Waals surface area contributed by atoms with Gasteiger partial charge in [-0.05, 0) is 16.9 Å². The lowest BCUT2D eigenvalue weighted by molar-refractivity contribution is 0.516. The Morgan fingerprint density at radius 1 is 1.36 bits per heavy atom. The van der Waals surface area contributed by atoms with Gasteiger partial charge in [0, 0.05) is 12.3 Å². The van der Waals surface area contributed by atoms with Gasteiger partial charge in [0.2, 0.25) is 0 Å². The van der Waals surface area contributed by atoms with Crippen molar-refractivity contribution < 1.29 is 0 Å². The maximum absolute atomic E-state index is 3.97. The maximum Gasteiger partial charge on any atom is 0.125 e. The lowest BCUT2D eigenvalue weighted by Crippen LogP contribution is -2.06. The summed E-state index contributed by atoms with van der Waals surface area (Å²) in [5.74, 6) is 2.79. The van der Waals surface area contributed by atoms with Crippen LogP contribution in [0.25, 0.3) is 0 Å². The molecule has 0 spiro atoms. The lowest BCUT2D eigenvalue weighted by Gasteiger charge is -2.17. The summed E-state index contributed by atoms with van der Waals surface area (Å²) in [4.78, 5) is 7.76. The molecule has 11 heavy (non-hydrogen) atoms. The Labute approximate surface area is 67.1 Å². The summed E-state index contributed by atoms with van der Waals surface area (Å²) in [6.07, 6.45) is 5.19. The first-order valence-electron chi connectivity index (χ1n) is 3.61. The molecule has 2 nitrogen and oxygen atoms in total. The van der Waals surface area contributed by atoms with Crippen LogP contribution in [0.3, 0.4) is 0 Å². The van der Waals surface area contributed by atoms with Gasteiger partial charge in [0.1, 0.15) is 6.34 Å². The highest BCUT2D eigenvalue weighted by Gasteiger charge is 2.14. The Morgan fingerprint density at radius 3 is 2.73 bits per heavy atom. The molecule has 0 atom stereocenters. The standard InChI is InChI=1S/C9H12N2/c1-9(2,3)8-4-5-10-7-11-6-8/h4,6-7H,1-3H3. The van der Waals surface area contributed by atoms with Gasteiger partial charge < -0.3 is 0 Å². The van der Waals surface area contributed by atoms with Gasteiger partial charge in [-0.15, -0.1) is 0 Å². The molecule has 0 aromatic carbocycles. The second kappa shape index (κ2) is 2.85. The van der Waals surface area contributed by atoms with Gasteiger partial charge in [-0.3, -0.25) is 0 Å². The zero-order valence-electron chi connectivity index (χ0n) is 7.13. The largest absolute Gasteiger partial charge is 0.244 e. The molecule has 0 bridgehead atoms. The van der Waals surface area contributed by atoms with E-state index in [-0.39, 0.29) is 5.41 Å². The van der Waals surface area contributed by atoms with Crippen LogP contribution in [-0.2, 0) is 0 Å². The zero-order chi connectivity index (χ0) is 8.32. The third-order valence-electron chi connectivity index (χ3n) is 1.50. The van der Waals surface area contributed by atoms with E-state index in [2.05, 4.69) is 36.6 Å². The molecule has 1 rings (SSSR count). The minimum absolute atomic E-state index is 0.129. The highest BCUT2D eigenvalue weighted by molar-refractivity contribution is 5.73. The molecule has 0 unspecified atom stereocenters. The van der Waals surface area contributed by atoms with E-state index in [9.17, 15) is 0 Å². The zero-order valence-corrected chi connectivity index (χ0v) is 7.13. The number of rotatable bonds is 0. The molecular weight excluding hydrogens is 136 g/mol. The molecular formula is C9H12N2. The van der Waals surface area contributed by atoms with Crippen LogP contribution >= 0.6 is 0 Å². The van der Waals surface area contributed by atoms with Gasteiger partial charge in [0.05, 0.1) is 0 Å². The summed E-state index contributed by atoms with van der Waals surface area (Å²) < 4.78 is 0. The molecule has 0 radical (unpaired) electrons.